The Morgan fingerprint density at radius 1 is 0.700 bits per heavy atom. The zero-order valence-electron chi connectivity index (χ0n) is 30.7. The van der Waals surface area contributed by atoms with E-state index in [0.29, 0.717) is 0 Å². The molecule has 250 valence electrons. The summed E-state index contributed by atoms with van der Waals surface area (Å²) in [7, 11) is 0. The fourth-order valence-corrected chi connectivity index (χ4v) is 7.36. The molecule has 7 aromatic rings. The molecule has 7 rings (SSSR count). The average molecular weight is 652 g/mol. The molecule has 0 unspecified atom stereocenters. The van der Waals surface area contributed by atoms with Gasteiger partial charge in [0.2, 0.25) is 0 Å². The number of nitrogens with zero attached hydrogens (tertiary/aromatic N) is 1. The zero-order chi connectivity index (χ0) is 35.4. The van der Waals surface area contributed by atoms with Crippen LogP contribution in [0.15, 0.2) is 146 Å². The fourth-order valence-electron chi connectivity index (χ4n) is 7.36. The first-order chi connectivity index (χ1) is 24.2. The summed E-state index contributed by atoms with van der Waals surface area (Å²) in [5, 5.41) is 8.06. The molecular weight excluding hydrogens is 603 g/mol. The monoisotopic (exact) mass is 651 g/mol. The first kappa shape index (κ1) is 34.5. The highest BCUT2D eigenvalue weighted by atomic mass is 15.0. The molecule has 0 spiro atoms. The van der Waals surface area contributed by atoms with E-state index in [2.05, 4.69) is 193 Å². The van der Waals surface area contributed by atoms with Gasteiger partial charge in [-0.05, 0) is 112 Å². The minimum atomic E-state index is 0.0586. The predicted molar refractivity (Wildman–Crippen MR) is 223 cm³/mol. The summed E-state index contributed by atoms with van der Waals surface area (Å²) in [4.78, 5) is 0. The Morgan fingerprint density at radius 3 is 1.98 bits per heavy atom. The van der Waals surface area contributed by atoms with E-state index in [1.165, 1.54) is 82.4 Å². The molecule has 0 N–H and O–H groups in total. The number of para-hydroxylation sites is 1. The molecule has 1 aromatic heterocycles. The van der Waals surface area contributed by atoms with Crippen LogP contribution < -0.4 is 0 Å². The largest absolute Gasteiger partial charge is 0.309 e. The van der Waals surface area contributed by atoms with Gasteiger partial charge in [-0.1, -0.05) is 155 Å². The first-order valence-corrected chi connectivity index (χ1v) is 17.8. The lowest BCUT2D eigenvalue weighted by atomic mass is 9.81. The Morgan fingerprint density at radius 2 is 1.32 bits per heavy atom. The molecule has 1 heterocycles. The molecule has 0 fully saturated rings. The zero-order valence-corrected chi connectivity index (χ0v) is 30.7. The van der Waals surface area contributed by atoms with Crippen molar-refractivity contribution in [3.8, 4) is 5.69 Å². The third-order valence-electron chi connectivity index (χ3n) is 9.69. The average Bonchev–Trinajstić information content (AvgIpc) is 3.45. The molecule has 0 aliphatic heterocycles. The van der Waals surface area contributed by atoms with Crippen molar-refractivity contribution in [2.75, 3.05) is 0 Å². The van der Waals surface area contributed by atoms with Gasteiger partial charge >= 0.3 is 0 Å². The van der Waals surface area contributed by atoms with Gasteiger partial charge < -0.3 is 4.57 Å². The number of allylic oxidation sites excluding steroid dienone is 6. The molecule has 1 heteroatoms. The maximum Gasteiger partial charge on any atom is 0.0541 e. The maximum absolute atomic E-state index is 3.78. The third kappa shape index (κ3) is 6.61. The van der Waals surface area contributed by atoms with E-state index in [-0.39, 0.29) is 5.41 Å². The van der Waals surface area contributed by atoms with E-state index in [1.807, 2.05) is 12.2 Å². The molecule has 0 bridgehead atoms. The van der Waals surface area contributed by atoms with Crippen molar-refractivity contribution < 1.29 is 0 Å². The lowest BCUT2D eigenvalue weighted by Gasteiger charge is -2.24. The van der Waals surface area contributed by atoms with Gasteiger partial charge in [-0.25, -0.2) is 0 Å². The lowest BCUT2D eigenvalue weighted by molar-refractivity contribution is 0.588. The number of hydrogen-bond donors (Lipinski definition) is 0. The van der Waals surface area contributed by atoms with Crippen molar-refractivity contribution in [1.82, 2.24) is 4.57 Å². The molecule has 0 aliphatic rings. The Bertz CT molecular complexity index is 2430. The quantitative estimate of drug-likeness (QED) is 0.125. The van der Waals surface area contributed by atoms with E-state index in [1.54, 1.807) is 0 Å². The topological polar surface area (TPSA) is 4.93 Å². The summed E-state index contributed by atoms with van der Waals surface area (Å²) >= 11 is 0. The van der Waals surface area contributed by atoms with Crippen LogP contribution >= 0.6 is 0 Å². The normalized spacial score (nSPS) is 12.4. The van der Waals surface area contributed by atoms with E-state index in [0.717, 1.165) is 6.42 Å². The van der Waals surface area contributed by atoms with Gasteiger partial charge in [0.1, 0.15) is 0 Å². The molecule has 50 heavy (non-hydrogen) atoms. The van der Waals surface area contributed by atoms with E-state index in [9.17, 15) is 0 Å². The molecule has 1 nitrogen and oxygen atoms in total. The van der Waals surface area contributed by atoms with E-state index < -0.39 is 0 Å². The molecule has 0 radical (unpaired) electrons. The smallest absolute Gasteiger partial charge is 0.0541 e. The summed E-state index contributed by atoms with van der Waals surface area (Å²) in [6.45, 7) is 19.3. The summed E-state index contributed by atoms with van der Waals surface area (Å²) < 4.78 is 2.40. The lowest BCUT2D eigenvalue weighted by Crippen LogP contribution is -2.14. The molecule has 0 saturated carbocycles. The van der Waals surface area contributed by atoms with Crippen molar-refractivity contribution in [3.05, 3.63) is 174 Å². The van der Waals surface area contributed by atoms with Crippen LogP contribution in [0.5, 0.6) is 0 Å². The van der Waals surface area contributed by atoms with Crippen molar-refractivity contribution in [3.63, 3.8) is 0 Å². The van der Waals surface area contributed by atoms with Gasteiger partial charge in [0.15, 0.2) is 0 Å². The maximum atomic E-state index is 3.78. The third-order valence-corrected chi connectivity index (χ3v) is 9.69. The van der Waals surface area contributed by atoms with Gasteiger partial charge in [-0.15, -0.1) is 0 Å². The number of aryl methyl sites for hydroxylation is 2. The number of rotatable bonds is 6. The highest BCUT2D eigenvalue weighted by molar-refractivity contribution is 6.13. The first-order valence-electron chi connectivity index (χ1n) is 17.8. The second-order valence-corrected chi connectivity index (χ2v) is 14.2. The standard InChI is InChI=1S/C30H31N.C19H18/c1-7-8-9-12-22(3)25-20-23(16-17-27(25)30(4,5)6)31-28-14-11-10-13-24(28)26-19-21(2)15-18-29(26)31;1-3-9-15-14(4-2)16-10-5-6-12-18(16)19-13-8-7-11-17(15)19/h7-20H,1H2,2-6H3;3,5-13H,4H2,1-2H3/b9-8-,22-12+;9-3-. The van der Waals surface area contributed by atoms with Crippen LogP contribution in [0.4, 0.5) is 0 Å². The van der Waals surface area contributed by atoms with Crippen molar-refractivity contribution in [2.24, 2.45) is 0 Å². The van der Waals surface area contributed by atoms with Crippen molar-refractivity contribution in [1.29, 1.82) is 0 Å². The van der Waals surface area contributed by atoms with Gasteiger partial charge in [0, 0.05) is 16.5 Å². The van der Waals surface area contributed by atoms with Gasteiger partial charge in [0.05, 0.1) is 11.0 Å². The van der Waals surface area contributed by atoms with Crippen LogP contribution in [0.25, 0.3) is 60.7 Å². The second-order valence-electron chi connectivity index (χ2n) is 14.2. The Kier molecular flexibility index (Phi) is 10.1. The van der Waals surface area contributed by atoms with Gasteiger partial charge in [0.25, 0.3) is 0 Å². The van der Waals surface area contributed by atoms with Gasteiger partial charge in [-0.2, -0.15) is 0 Å². The Labute approximate surface area is 298 Å². The van der Waals surface area contributed by atoms with Crippen molar-refractivity contribution >= 4 is 55.0 Å². The number of fused-ring (bicyclic) bond motifs is 6. The van der Waals surface area contributed by atoms with Crippen LogP contribution in [-0.2, 0) is 11.8 Å². The fraction of sp³-hybridized carbons (Fsp3) is 0.184. The van der Waals surface area contributed by atoms with Crippen LogP contribution in [0.2, 0.25) is 0 Å². The molecule has 0 aliphatic carbocycles. The molecule has 0 atom stereocenters. The molecule has 0 saturated heterocycles. The summed E-state index contributed by atoms with van der Waals surface area (Å²) in [6, 6.07) is 39.8. The van der Waals surface area contributed by atoms with Crippen LogP contribution in [0, 0.1) is 6.92 Å². The highest BCUT2D eigenvalue weighted by Gasteiger charge is 2.20. The Balaban J connectivity index is 0.000000194. The summed E-state index contributed by atoms with van der Waals surface area (Å²) in [6.07, 6.45) is 13.5. The molecule has 6 aromatic carbocycles. The van der Waals surface area contributed by atoms with E-state index in [4.69, 9.17) is 0 Å². The summed E-state index contributed by atoms with van der Waals surface area (Å²) in [5.74, 6) is 0. The Hall–Kier alpha value is -5.40. The van der Waals surface area contributed by atoms with Gasteiger partial charge in [-0.3, -0.25) is 0 Å². The summed E-state index contributed by atoms with van der Waals surface area (Å²) in [5.41, 5.74) is 11.7. The molecular formula is C49H49N. The SMILES string of the molecule is C/C=C\c1c(CC)c2ccccc2c2ccccc12.C=C/C=C\C=C(/C)c1cc(-n2c3ccccc3c3cc(C)ccc32)ccc1C(C)(C)C. The second kappa shape index (κ2) is 14.6. The highest BCUT2D eigenvalue weighted by Crippen LogP contribution is 2.37. The van der Waals surface area contributed by atoms with E-state index >= 15 is 0 Å². The minimum Gasteiger partial charge on any atom is -0.309 e. The van der Waals surface area contributed by atoms with Crippen LogP contribution in [0.3, 0.4) is 0 Å². The number of hydrogen-bond acceptors (Lipinski definition) is 0. The predicted octanol–water partition coefficient (Wildman–Crippen LogP) is 14.1. The number of benzene rings is 6. The minimum absolute atomic E-state index is 0.0586. The number of aromatic nitrogens is 1. The van der Waals surface area contributed by atoms with Crippen LogP contribution in [0.1, 0.15) is 69.4 Å². The van der Waals surface area contributed by atoms with Crippen molar-refractivity contribution in [2.45, 2.75) is 60.3 Å². The molecule has 0 amide bonds. The van der Waals surface area contributed by atoms with Crippen LogP contribution in [-0.4, -0.2) is 4.57 Å².